The monoisotopic (exact) mass is 357 g/mol. The van der Waals surface area contributed by atoms with Gasteiger partial charge in [0.1, 0.15) is 0 Å². The van der Waals surface area contributed by atoms with Crippen LogP contribution in [0.2, 0.25) is 0 Å². The molecule has 0 aromatic rings. The first kappa shape index (κ1) is 23.3. The van der Waals surface area contributed by atoms with Crippen molar-refractivity contribution in [3.05, 3.63) is 87.2 Å². The first-order valence-electron chi connectivity index (χ1n) is 8.07. The molecular weight excluding hydrogens is 336 g/mol. The summed E-state index contributed by atoms with van der Waals surface area (Å²) in [6.07, 6.45) is 0.442. The zero-order chi connectivity index (χ0) is 20.5. The average molecular weight is 357 g/mol. The van der Waals surface area contributed by atoms with E-state index >= 15 is 0 Å². The number of aliphatic hydroxyl groups is 1. The third-order valence-corrected chi connectivity index (χ3v) is 3.06. The zero-order valence-electron chi connectivity index (χ0n) is 15.7. The fraction of sp³-hybridized carbons (Fsp3) is 0.304. The minimum atomic E-state index is -0.917. The van der Waals surface area contributed by atoms with E-state index in [2.05, 4.69) is 92.1 Å². The molecule has 4 heteroatoms. The standard InChI is InChI=1S/C23H20N2O2/c1-5-6-7-8-9-10-11-12-13-14-15-16-17-18-21(26)20(4)25-23(27)22(24)19(2)3/h18-22,26H,1,24H2,2-4H3,(H,25,27)/p+1/t20-,21-,22-/m0/s1. The second-order valence-electron chi connectivity index (χ2n) is 5.50. The number of hydrogen-bond donors (Lipinski definition) is 3. The van der Waals surface area contributed by atoms with Gasteiger partial charge in [0.25, 0.3) is 5.91 Å². The van der Waals surface area contributed by atoms with Crippen molar-refractivity contribution in [2.75, 3.05) is 0 Å². The van der Waals surface area contributed by atoms with Gasteiger partial charge in [-0.05, 0) is 82.6 Å². The molecule has 0 aromatic heterocycles. The fourth-order valence-corrected chi connectivity index (χ4v) is 1.35. The Labute approximate surface area is 159 Å². The van der Waals surface area contributed by atoms with Gasteiger partial charge in [-0.1, -0.05) is 25.3 Å². The van der Waals surface area contributed by atoms with Crippen LogP contribution < -0.4 is 11.1 Å². The van der Waals surface area contributed by atoms with E-state index in [1.807, 2.05) is 13.8 Å². The Hall–Kier alpha value is -3.73. The van der Waals surface area contributed by atoms with E-state index in [1.165, 1.54) is 6.08 Å². The third kappa shape index (κ3) is 12.3. The van der Waals surface area contributed by atoms with E-state index in [0.29, 0.717) is 0 Å². The summed E-state index contributed by atoms with van der Waals surface area (Å²) in [7, 11) is 0. The predicted octanol–water partition coefficient (Wildman–Crippen LogP) is 1.32. The normalized spacial score (nSPS) is 10.9. The van der Waals surface area contributed by atoms with Gasteiger partial charge in [-0.3, -0.25) is 4.79 Å². The Morgan fingerprint density at radius 1 is 0.926 bits per heavy atom. The molecule has 4 nitrogen and oxygen atoms in total. The van der Waals surface area contributed by atoms with Crippen molar-refractivity contribution < 1.29 is 15.6 Å². The highest BCUT2D eigenvalue weighted by Gasteiger charge is 2.24. The zero-order valence-corrected chi connectivity index (χ0v) is 15.7. The highest BCUT2D eigenvalue weighted by molar-refractivity contribution is 5.80. The van der Waals surface area contributed by atoms with Gasteiger partial charge in [0, 0.05) is 5.92 Å². The van der Waals surface area contributed by atoms with E-state index in [0.717, 1.165) is 0 Å². The van der Waals surface area contributed by atoms with Crippen LogP contribution in [0.25, 0.3) is 0 Å². The van der Waals surface area contributed by atoms with Crippen LogP contribution in [0.3, 0.4) is 0 Å². The summed E-state index contributed by atoms with van der Waals surface area (Å²) < 4.78 is 0. The minimum Gasteiger partial charge on any atom is -0.386 e. The van der Waals surface area contributed by atoms with E-state index < -0.39 is 12.1 Å². The molecule has 27 heavy (non-hydrogen) atoms. The molecule has 0 heterocycles. The molecular formula is C23H21N2O2+. The second-order valence-corrected chi connectivity index (χ2v) is 5.50. The van der Waals surface area contributed by atoms with Gasteiger partial charge >= 0.3 is 0 Å². The Bertz CT molecular complexity index is 1030. The van der Waals surface area contributed by atoms with Crippen molar-refractivity contribution in [1.82, 2.24) is 5.32 Å². The molecule has 0 radical (unpaired) electrons. The molecule has 0 saturated heterocycles. The van der Waals surface area contributed by atoms with Crippen LogP contribution in [0.5, 0.6) is 0 Å². The first-order valence-corrected chi connectivity index (χ1v) is 8.07. The molecule has 0 aliphatic rings. The van der Waals surface area contributed by atoms with Crippen LogP contribution in [0, 0.1) is 5.92 Å². The Balaban J connectivity index is 5.22. The quantitative estimate of drug-likeness (QED) is 0.649. The molecule has 0 spiro atoms. The number of amides is 1. The number of nitrogens with one attached hydrogen (secondary N) is 1. The van der Waals surface area contributed by atoms with Crippen LogP contribution in [-0.2, 0) is 4.79 Å². The molecule has 1 amide bonds. The maximum Gasteiger partial charge on any atom is 0.278 e. The Morgan fingerprint density at radius 2 is 1.37 bits per heavy atom. The summed E-state index contributed by atoms with van der Waals surface area (Å²) in [4.78, 5) is 11.9. The van der Waals surface area contributed by atoms with E-state index in [1.54, 1.807) is 6.92 Å². The molecule has 0 bridgehead atoms. The molecule has 3 atom stereocenters. The number of hydrogen-bond acceptors (Lipinski definition) is 2. The lowest BCUT2D eigenvalue weighted by atomic mass is 10.0. The van der Waals surface area contributed by atoms with Crippen LogP contribution >= 0.6 is 0 Å². The lowest BCUT2D eigenvalue weighted by molar-refractivity contribution is -0.414. The number of carbonyl (C=O) groups excluding carboxylic acids is 1. The Kier molecular flexibility index (Phi) is 12.6. The highest BCUT2D eigenvalue weighted by Crippen LogP contribution is 1.99. The SMILES string of the molecule is C=C=C=C=C=C=C=C=C=C=C=C=C=C=C[C@H](O)[C@H](C)NC(=O)[C@@H]([NH3+])C(C)C. The van der Waals surface area contributed by atoms with Crippen LogP contribution in [0.15, 0.2) is 87.2 Å². The topological polar surface area (TPSA) is 77.0 Å². The second kappa shape index (κ2) is 14.6. The van der Waals surface area contributed by atoms with E-state index in [4.69, 9.17) is 0 Å². The minimum absolute atomic E-state index is 0.121. The van der Waals surface area contributed by atoms with Crippen LogP contribution in [-0.4, -0.2) is 29.2 Å². The molecule has 0 aromatic carbocycles. The summed E-state index contributed by atoms with van der Waals surface area (Å²) >= 11 is 0. The molecule has 0 saturated carbocycles. The molecule has 134 valence electrons. The van der Waals surface area contributed by atoms with Crippen molar-refractivity contribution in [1.29, 1.82) is 0 Å². The van der Waals surface area contributed by atoms with Gasteiger partial charge in [0.15, 0.2) is 6.04 Å². The van der Waals surface area contributed by atoms with Crippen LogP contribution in [0.1, 0.15) is 20.8 Å². The van der Waals surface area contributed by atoms with Gasteiger partial charge in [0.05, 0.1) is 12.1 Å². The van der Waals surface area contributed by atoms with E-state index in [-0.39, 0.29) is 17.9 Å². The molecule has 0 aliphatic carbocycles. The molecule has 0 fully saturated rings. The van der Waals surface area contributed by atoms with Crippen molar-refractivity contribution in [3.63, 3.8) is 0 Å². The predicted molar refractivity (Wildman–Crippen MR) is 101 cm³/mol. The molecule has 5 N–H and O–H groups in total. The first-order chi connectivity index (χ1) is 12.9. The fourth-order valence-electron chi connectivity index (χ4n) is 1.35. The molecule has 0 rings (SSSR count). The largest absolute Gasteiger partial charge is 0.386 e. The van der Waals surface area contributed by atoms with Crippen molar-refractivity contribution in [2.45, 2.75) is 39.0 Å². The van der Waals surface area contributed by atoms with Crippen molar-refractivity contribution in [3.8, 4) is 0 Å². The van der Waals surface area contributed by atoms with Gasteiger partial charge in [-0.25, -0.2) is 0 Å². The maximum atomic E-state index is 11.9. The van der Waals surface area contributed by atoms with Gasteiger partial charge in [0.2, 0.25) is 0 Å². The Morgan fingerprint density at radius 3 is 1.81 bits per heavy atom. The summed E-state index contributed by atoms with van der Waals surface area (Å²) in [5.41, 5.74) is 36.1. The lowest BCUT2D eigenvalue weighted by Gasteiger charge is -2.19. The molecule has 0 unspecified atom stereocenters. The van der Waals surface area contributed by atoms with Crippen molar-refractivity contribution >= 4 is 5.91 Å². The number of rotatable bonds is 5. The number of quaternary nitrogens is 1. The highest BCUT2D eigenvalue weighted by atomic mass is 16.3. The summed E-state index contributed by atoms with van der Waals surface area (Å²) in [6.45, 7) is 8.82. The average Bonchev–Trinajstić information content (AvgIpc) is 2.64. The van der Waals surface area contributed by atoms with Crippen molar-refractivity contribution in [2.24, 2.45) is 5.92 Å². The summed E-state index contributed by atoms with van der Waals surface area (Å²) in [5.74, 6) is -0.0827. The summed E-state index contributed by atoms with van der Waals surface area (Å²) in [5, 5.41) is 12.7. The third-order valence-electron chi connectivity index (χ3n) is 3.06. The number of carbonyl (C=O) groups is 1. The van der Waals surface area contributed by atoms with Gasteiger partial charge in [-0.2, -0.15) is 0 Å². The van der Waals surface area contributed by atoms with E-state index in [9.17, 15) is 9.90 Å². The van der Waals surface area contributed by atoms with Crippen LogP contribution in [0.4, 0.5) is 0 Å². The smallest absolute Gasteiger partial charge is 0.278 e. The number of aliphatic hydroxyl groups excluding tert-OH is 1. The molecule has 0 aliphatic heterocycles. The lowest BCUT2D eigenvalue weighted by Crippen LogP contribution is -2.70. The maximum absolute atomic E-state index is 11.9. The van der Waals surface area contributed by atoms with Gasteiger partial charge in [-0.15, -0.1) is 0 Å². The summed E-state index contributed by atoms with van der Waals surface area (Å²) in [6, 6.07) is -0.851. The van der Waals surface area contributed by atoms with Gasteiger partial charge < -0.3 is 16.2 Å².